The van der Waals surface area contributed by atoms with Gasteiger partial charge in [0.2, 0.25) is 0 Å². The molecule has 5 heteroatoms. The zero-order valence-electron chi connectivity index (χ0n) is 10.8. The minimum Gasteiger partial charge on any atom is -0.491 e. The van der Waals surface area contributed by atoms with E-state index in [0.29, 0.717) is 19.7 Å². The lowest BCUT2D eigenvalue weighted by Crippen LogP contribution is -2.30. The number of ether oxygens (including phenoxy) is 1. The van der Waals surface area contributed by atoms with Crippen LogP contribution < -0.4 is 4.74 Å². The van der Waals surface area contributed by atoms with Crippen molar-refractivity contribution in [2.75, 3.05) is 26.8 Å². The van der Waals surface area contributed by atoms with Crippen molar-refractivity contribution in [2.45, 2.75) is 19.6 Å². The Morgan fingerprint density at radius 1 is 1.44 bits per heavy atom. The van der Waals surface area contributed by atoms with Gasteiger partial charge in [-0.15, -0.1) is 0 Å². The molecule has 0 aliphatic heterocycles. The second-order valence-corrected chi connectivity index (χ2v) is 4.23. The van der Waals surface area contributed by atoms with Gasteiger partial charge in [0, 0.05) is 13.1 Å². The molecule has 0 aliphatic carbocycles. The number of hydrogen-bond acceptors (Lipinski definition) is 4. The number of nitrogens with zero attached hydrogens (tertiary/aromatic N) is 1. The fourth-order valence-electron chi connectivity index (χ4n) is 1.71. The molecular formula is C13H20FNO3. The van der Waals surface area contributed by atoms with Crippen molar-refractivity contribution in [1.82, 2.24) is 4.90 Å². The molecule has 1 unspecified atom stereocenters. The van der Waals surface area contributed by atoms with Gasteiger partial charge in [0.1, 0.15) is 0 Å². The maximum Gasteiger partial charge on any atom is 0.165 e. The summed E-state index contributed by atoms with van der Waals surface area (Å²) in [4.78, 5) is 1.82. The number of halogens is 1. The predicted molar refractivity (Wildman–Crippen MR) is 67.0 cm³/mol. The monoisotopic (exact) mass is 257 g/mol. The Morgan fingerprint density at radius 3 is 2.72 bits per heavy atom. The summed E-state index contributed by atoms with van der Waals surface area (Å²) in [6, 6.07) is 4.81. The highest BCUT2D eigenvalue weighted by Crippen LogP contribution is 2.19. The van der Waals surface area contributed by atoms with Crippen LogP contribution in [0, 0.1) is 5.82 Å². The molecule has 0 fully saturated rings. The highest BCUT2D eigenvalue weighted by molar-refractivity contribution is 5.29. The minimum atomic E-state index is -0.775. The van der Waals surface area contributed by atoms with Gasteiger partial charge < -0.3 is 14.9 Å². The average molecular weight is 257 g/mol. The summed E-state index contributed by atoms with van der Waals surface area (Å²) in [6.07, 6.45) is -0.775. The molecule has 0 spiro atoms. The topological polar surface area (TPSA) is 52.9 Å². The number of rotatable bonds is 7. The van der Waals surface area contributed by atoms with E-state index in [9.17, 15) is 9.50 Å². The lowest BCUT2D eigenvalue weighted by molar-refractivity contribution is 0.0648. The van der Waals surface area contributed by atoms with Crippen molar-refractivity contribution >= 4 is 0 Å². The van der Waals surface area contributed by atoms with Gasteiger partial charge in [-0.25, -0.2) is 4.39 Å². The van der Waals surface area contributed by atoms with Gasteiger partial charge in [-0.05, 0) is 31.7 Å². The third-order valence-corrected chi connectivity index (χ3v) is 2.48. The first kappa shape index (κ1) is 14.9. The molecule has 1 aromatic carbocycles. The van der Waals surface area contributed by atoms with E-state index >= 15 is 0 Å². The molecule has 1 atom stereocenters. The molecule has 2 N–H and O–H groups in total. The summed E-state index contributed by atoms with van der Waals surface area (Å²) in [7, 11) is 1.80. The van der Waals surface area contributed by atoms with Crippen LogP contribution in [0.25, 0.3) is 0 Å². The summed E-state index contributed by atoms with van der Waals surface area (Å²) in [5, 5.41) is 18.0. The molecule has 4 nitrogen and oxygen atoms in total. The molecule has 0 bridgehead atoms. The van der Waals surface area contributed by atoms with Crippen LogP contribution in [0.1, 0.15) is 12.5 Å². The van der Waals surface area contributed by atoms with Crippen molar-refractivity contribution in [3.8, 4) is 5.75 Å². The van der Waals surface area contributed by atoms with E-state index in [-0.39, 0.29) is 18.2 Å². The van der Waals surface area contributed by atoms with Crippen LogP contribution in [-0.4, -0.2) is 48.0 Å². The molecule has 0 saturated heterocycles. The normalized spacial score (nSPS) is 12.8. The second kappa shape index (κ2) is 7.31. The molecular weight excluding hydrogens is 237 g/mol. The Balaban J connectivity index is 2.59. The fourth-order valence-corrected chi connectivity index (χ4v) is 1.71. The number of aliphatic hydroxyl groups is 2. The molecule has 0 saturated carbocycles. The van der Waals surface area contributed by atoms with E-state index in [4.69, 9.17) is 9.84 Å². The molecule has 0 aliphatic rings. The first-order chi connectivity index (χ1) is 8.56. The zero-order valence-corrected chi connectivity index (χ0v) is 10.8. The van der Waals surface area contributed by atoms with Crippen LogP contribution in [0.4, 0.5) is 4.39 Å². The van der Waals surface area contributed by atoms with Crippen LogP contribution in [-0.2, 0) is 6.54 Å². The molecule has 18 heavy (non-hydrogen) atoms. The van der Waals surface area contributed by atoms with Gasteiger partial charge in [0.25, 0.3) is 0 Å². The summed E-state index contributed by atoms with van der Waals surface area (Å²) in [6.45, 7) is 2.80. The number of aliphatic hydroxyl groups excluding tert-OH is 2. The zero-order chi connectivity index (χ0) is 13.5. The lowest BCUT2D eigenvalue weighted by atomic mass is 10.2. The highest BCUT2D eigenvalue weighted by atomic mass is 19.1. The third kappa shape index (κ3) is 4.60. The number of likely N-dealkylation sites (N-methyl/N-ethyl adjacent to an activating group) is 1. The van der Waals surface area contributed by atoms with E-state index < -0.39 is 6.10 Å². The molecule has 1 rings (SSSR count). The fraction of sp³-hybridized carbons (Fsp3) is 0.538. The van der Waals surface area contributed by atoms with Gasteiger partial charge in [-0.3, -0.25) is 4.90 Å². The quantitative estimate of drug-likeness (QED) is 0.765. The van der Waals surface area contributed by atoms with Gasteiger partial charge in [0.15, 0.2) is 11.6 Å². The SMILES string of the molecule is CCOc1ccc(CN(C)CC(O)CO)cc1F. The molecule has 0 aromatic heterocycles. The Labute approximate surface area is 107 Å². The largest absolute Gasteiger partial charge is 0.491 e. The molecule has 0 radical (unpaired) electrons. The Bertz CT molecular complexity index is 373. The molecule has 102 valence electrons. The van der Waals surface area contributed by atoms with Gasteiger partial charge in [-0.2, -0.15) is 0 Å². The van der Waals surface area contributed by atoms with Crippen molar-refractivity contribution in [1.29, 1.82) is 0 Å². The lowest BCUT2D eigenvalue weighted by Gasteiger charge is -2.19. The predicted octanol–water partition coefficient (Wildman–Crippen LogP) is 1.01. The number of benzene rings is 1. The first-order valence-corrected chi connectivity index (χ1v) is 5.95. The summed E-state index contributed by atoms with van der Waals surface area (Å²) < 4.78 is 18.7. The van der Waals surface area contributed by atoms with Crippen molar-refractivity contribution in [2.24, 2.45) is 0 Å². The Morgan fingerprint density at radius 2 is 2.17 bits per heavy atom. The summed E-state index contributed by atoms with van der Waals surface area (Å²) in [5.74, 6) is -0.134. The van der Waals surface area contributed by atoms with Crippen molar-refractivity contribution in [3.05, 3.63) is 29.6 Å². The second-order valence-electron chi connectivity index (χ2n) is 4.23. The van der Waals surface area contributed by atoms with E-state index in [2.05, 4.69) is 0 Å². The van der Waals surface area contributed by atoms with Crippen LogP contribution in [0.2, 0.25) is 0 Å². The molecule has 0 heterocycles. The van der Waals surface area contributed by atoms with Gasteiger partial charge >= 0.3 is 0 Å². The summed E-state index contributed by atoms with van der Waals surface area (Å²) in [5.41, 5.74) is 0.795. The van der Waals surface area contributed by atoms with E-state index in [1.165, 1.54) is 6.07 Å². The Kier molecular flexibility index (Phi) is 6.04. The number of hydrogen-bond donors (Lipinski definition) is 2. The van der Waals surface area contributed by atoms with E-state index in [1.54, 1.807) is 26.1 Å². The van der Waals surface area contributed by atoms with Crippen molar-refractivity contribution in [3.63, 3.8) is 0 Å². The smallest absolute Gasteiger partial charge is 0.165 e. The van der Waals surface area contributed by atoms with Crippen molar-refractivity contribution < 1.29 is 19.3 Å². The third-order valence-electron chi connectivity index (χ3n) is 2.48. The first-order valence-electron chi connectivity index (χ1n) is 5.95. The highest BCUT2D eigenvalue weighted by Gasteiger charge is 2.09. The maximum atomic E-state index is 13.6. The van der Waals surface area contributed by atoms with Crippen LogP contribution in [0.15, 0.2) is 18.2 Å². The molecule has 0 amide bonds. The van der Waals surface area contributed by atoms with E-state index in [1.807, 2.05) is 4.90 Å². The molecule has 1 aromatic rings. The van der Waals surface area contributed by atoms with E-state index in [0.717, 1.165) is 5.56 Å². The maximum absolute atomic E-state index is 13.6. The summed E-state index contributed by atoms with van der Waals surface area (Å²) >= 11 is 0. The average Bonchev–Trinajstić information content (AvgIpc) is 2.32. The minimum absolute atomic E-state index is 0.249. The van der Waals surface area contributed by atoms with Gasteiger partial charge in [-0.1, -0.05) is 6.07 Å². The van der Waals surface area contributed by atoms with Gasteiger partial charge in [0.05, 0.1) is 19.3 Å². The van der Waals surface area contributed by atoms with Crippen LogP contribution in [0.3, 0.4) is 0 Å². The van der Waals surface area contributed by atoms with Crippen LogP contribution >= 0.6 is 0 Å². The Hall–Kier alpha value is -1.17. The van der Waals surface area contributed by atoms with Crippen LogP contribution in [0.5, 0.6) is 5.75 Å². The standard InChI is InChI=1S/C13H20FNO3/c1-3-18-13-5-4-10(6-12(13)14)7-15(2)8-11(17)9-16/h4-6,11,16-17H,3,7-9H2,1-2H3.